The van der Waals surface area contributed by atoms with Crippen molar-refractivity contribution in [1.82, 2.24) is 19.6 Å². The SMILES string of the molecule is CCn1ncc(Cn2cc(NC(=O)C3CC3)cn2)c1C. The number of aromatic nitrogens is 4. The van der Waals surface area contributed by atoms with Gasteiger partial charge in [-0.1, -0.05) is 0 Å². The Morgan fingerprint density at radius 1 is 1.40 bits per heavy atom. The molecule has 0 bridgehead atoms. The second-order valence-electron chi connectivity index (χ2n) is 5.26. The number of aryl methyl sites for hydroxylation is 1. The first-order chi connectivity index (χ1) is 9.67. The van der Waals surface area contributed by atoms with E-state index in [0.29, 0.717) is 6.54 Å². The van der Waals surface area contributed by atoms with Crippen LogP contribution < -0.4 is 5.32 Å². The van der Waals surface area contributed by atoms with Crippen molar-refractivity contribution < 1.29 is 4.79 Å². The van der Waals surface area contributed by atoms with Crippen LogP contribution in [0.3, 0.4) is 0 Å². The maximum atomic E-state index is 11.7. The zero-order chi connectivity index (χ0) is 14.1. The van der Waals surface area contributed by atoms with Crippen LogP contribution in [-0.2, 0) is 17.9 Å². The average Bonchev–Trinajstić information content (AvgIpc) is 3.12. The summed E-state index contributed by atoms with van der Waals surface area (Å²) in [6, 6.07) is 0. The molecule has 2 aromatic heterocycles. The highest BCUT2D eigenvalue weighted by molar-refractivity contribution is 5.93. The Bertz CT molecular complexity index is 623. The Labute approximate surface area is 117 Å². The highest BCUT2D eigenvalue weighted by Gasteiger charge is 2.29. The fourth-order valence-electron chi connectivity index (χ4n) is 2.24. The van der Waals surface area contributed by atoms with Gasteiger partial charge < -0.3 is 5.32 Å². The molecule has 1 aliphatic carbocycles. The molecule has 1 aliphatic rings. The van der Waals surface area contributed by atoms with E-state index in [1.807, 2.05) is 21.8 Å². The van der Waals surface area contributed by atoms with Gasteiger partial charge in [-0.25, -0.2) is 0 Å². The quantitative estimate of drug-likeness (QED) is 0.903. The molecule has 0 unspecified atom stereocenters. The summed E-state index contributed by atoms with van der Waals surface area (Å²) in [7, 11) is 0. The summed E-state index contributed by atoms with van der Waals surface area (Å²) >= 11 is 0. The minimum Gasteiger partial charge on any atom is -0.323 e. The van der Waals surface area contributed by atoms with Gasteiger partial charge in [0.15, 0.2) is 0 Å². The molecule has 0 saturated heterocycles. The number of hydrogen-bond acceptors (Lipinski definition) is 3. The summed E-state index contributed by atoms with van der Waals surface area (Å²) in [6.07, 6.45) is 7.45. The minimum atomic E-state index is 0.111. The number of nitrogens with one attached hydrogen (secondary N) is 1. The predicted octanol–water partition coefficient (Wildman–Crippen LogP) is 1.80. The van der Waals surface area contributed by atoms with Crippen LogP contribution in [0.5, 0.6) is 0 Å². The van der Waals surface area contributed by atoms with E-state index < -0.39 is 0 Å². The highest BCUT2D eigenvalue weighted by Crippen LogP contribution is 2.30. The maximum Gasteiger partial charge on any atom is 0.227 e. The first-order valence-electron chi connectivity index (χ1n) is 7.02. The van der Waals surface area contributed by atoms with Gasteiger partial charge in [0.2, 0.25) is 5.91 Å². The van der Waals surface area contributed by atoms with Crippen molar-refractivity contribution >= 4 is 11.6 Å². The van der Waals surface area contributed by atoms with E-state index in [4.69, 9.17) is 0 Å². The van der Waals surface area contributed by atoms with E-state index in [9.17, 15) is 4.79 Å². The van der Waals surface area contributed by atoms with E-state index >= 15 is 0 Å². The van der Waals surface area contributed by atoms with Crippen LogP contribution in [0, 0.1) is 12.8 Å². The summed E-state index contributed by atoms with van der Waals surface area (Å²) in [5.74, 6) is 0.322. The lowest BCUT2D eigenvalue weighted by molar-refractivity contribution is -0.117. The predicted molar refractivity (Wildman–Crippen MR) is 75.3 cm³/mol. The molecule has 6 nitrogen and oxygen atoms in total. The third-order valence-corrected chi connectivity index (χ3v) is 3.69. The highest BCUT2D eigenvalue weighted by atomic mass is 16.2. The van der Waals surface area contributed by atoms with Crippen molar-refractivity contribution in [3.63, 3.8) is 0 Å². The summed E-state index contributed by atoms with van der Waals surface area (Å²) in [6.45, 7) is 5.67. The van der Waals surface area contributed by atoms with Crippen LogP contribution in [-0.4, -0.2) is 25.5 Å². The van der Waals surface area contributed by atoms with Gasteiger partial charge in [0.1, 0.15) is 0 Å². The second-order valence-corrected chi connectivity index (χ2v) is 5.26. The third-order valence-electron chi connectivity index (χ3n) is 3.69. The number of carbonyl (C=O) groups is 1. The van der Waals surface area contributed by atoms with E-state index in [0.717, 1.165) is 36.3 Å². The van der Waals surface area contributed by atoms with Crippen molar-refractivity contribution in [2.75, 3.05) is 5.32 Å². The maximum absolute atomic E-state index is 11.7. The number of rotatable bonds is 5. The van der Waals surface area contributed by atoms with Crippen LogP contribution in [0.1, 0.15) is 31.0 Å². The Morgan fingerprint density at radius 2 is 2.20 bits per heavy atom. The fourth-order valence-corrected chi connectivity index (χ4v) is 2.24. The molecule has 3 rings (SSSR count). The zero-order valence-corrected chi connectivity index (χ0v) is 11.8. The van der Waals surface area contributed by atoms with Gasteiger partial charge in [-0.2, -0.15) is 10.2 Å². The summed E-state index contributed by atoms with van der Waals surface area (Å²) < 4.78 is 3.79. The molecule has 0 radical (unpaired) electrons. The summed E-state index contributed by atoms with van der Waals surface area (Å²) in [5, 5.41) is 11.5. The van der Waals surface area contributed by atoms with Gasteiger partial charge in [0.25, 0.3) is 0 Å². The number of nitrogens with zero attached hydrogens (tertiary/aromatic N) is 4. The molecule has 2 heterocycles. The van der Waals surface area contributed by atoms with Crippen LogP contribution in [0.4, 0.5) is 5.69 Å². The Hall–Kier alpha value is -2.11. The van der Waals surface area contributed by atoms with Crippen LogP contribution in [0.25, 0.3) is 0 Å². The lowest BCUT2D eigenvalue weighted by Gasteiger charge is -2.03. The van der Waals surface area contributed by atoms with Gasteiger partial charge in [-0.05, 0) is 26.7 Å². The van der Waals surface area contributed by atoms with Gasteiger partial charge in [0.05, 0.1) is 24.6 Å². The van der Waals surface area contributed by atoms with E-state index in [1.165, 1.54) is 0 Å². The van der Waals surface area contributed by atoms with Crippen LogP contribution in [0.15, 0.2) is 18.6 Å². The molecule has 0 aromatic carbocycles. The topological polar surface area (TPSA) is 64.7 Å². The Balaban J connectivity index is 1.67. The second kappa shape index (κ2) is 5.11. The molecule has 1 amide bonds. The van der Waals surface area contributed by atoms with Crippen molar-refractivity contribution in [2.45, 2.75) is 39.8 Å². The fraction of sp³-hybridized carbons (Fsp3) is 0.500. The molecule has 1 saturated carbocycles. The molecule has 1 fully saturated rings. The summed E-state index contributed by atoms with van der Waals surface area (Å²) in [4.78, 5) is 11.7. The monoisotopic (exact) mass is 273 g/mol. The standard InChI is InChI=1S/C14H19N5O/c1-3-19-10(2)12(6-16-19)8-18-9-13(7-15-18)17-14(20)11-4-5-11/h6-7,9,11H,3-5,8H2,1-2H3,(H,17,20). The van der Waals surface area contributed by atoms with Crippen molar-refractivity contribution in [3.8, 4) is 0 Å². The molecule has 0 atom stereocenters. The van der Waals surface area contributed by atoms with E-state index in [-0.39, 0.29) is 11.8 Å². The average molecular weight is 273 g/mol. The molecule has 0 spiro atoms. The number of amides is 1. The lowest BCUT2D eigenvalue weighted by atomic mass is 10.2. The Kier molecular flexibility index (Phi) is 3.30. The first-order valence-corrected chi connectivity index (χ1v) is 7.02. The molecule has 6 heteroatoms. The number of anilines is 1. The molecular formula is C14H19N5O. The van der Waals surface area contributed by atoms with E-state index in [2.05, 4.69) is 29.4 Å². The van der Waals surface area contributed by atoms with E-state index in [1.54, 1.807) is 6.20 Å². The van der Waals surface area contributed by atoms with Crippen molar-refractivity contribution in [3.05, 3.63) is 29.8 Å². The molecule has 1 N–H and O–H groups in total. The summed E-state index contributed by atoms with van der Waals surface area (Å²) in [5.41, 5.74) is 3.07. The molecule has 2 aromatic rings. The van der Waals surface area contributed by atoms with Gasteiger partial charge in [-0.3, -0.25) is 14.2 Å². The molecule has 20 heavy (non-hydrogen) atoms. The van der Waals surface area contributed by atoms with Crippen LogP contribution in [0.2, 0.25) is 0 Å². The molecule has 0 aliphatic heterocycles. The van der Waals surface area contributed by atoms with Crippen molar-refractivity contribution in [2.24, 2.45) is 5.92 Å². The van der Waals surface area contributed by atoms with Gasteiger partial charge in [-0.15, -0.1) is 0 Å². The molecular weight excluding hydrogens is 254 g/mol. The number of hydrogen-bond donors (Lipinski definition) is 1. The number of carbonyl (C=O) groups excluding carboxylic acids is 1. The molecule has 106 valence electrons. The largest absolute Gasteiger partial charge is 0.323 e. The normalized spacial score (nSPS) is 14.5. The third kappa shape index (κ3) is 2.59. The minimum absolute atomic E-state index is 0.111. The Morgan fingerprint density at radius 3 is 2.85 bits per heavy atom. The van der Waals surface area contributed by atoms with Crippen molar-refractivity contribution in [1.29, 1.82) is 0 Å². The zero-order valence-electron chi connectivity index (χ0n) is 11.8. The van der Waals surface area contributed by atoms with Crippen LogP contribution >= 0.6 is 0 Å². The smallest absolute Gasteiger partial charge is 0.227 e. The van der Waals surface area contributed by atoms with Gasteiger partial charge >= 0.3 is 0 Å². The first kappa shape index (κ1) is 12.9. The lowest BCUT2D eigenvalue weighted by Crippen LogP contribution is -2.12. The van der Waals surface area contributed by atoms with Gasteiger partial charge in [0, 0.05) is 29.9 Å².